The van der Waals surface area contributed by atoms with Crippen LogP contribution in [0, 0.1) is 17.3 Å². The Morgan fingerprint density at radius 3 is 2.72 bits per heavy atom. The van der Waals surface area contributed by atoms with Crippen LogP contribution in [0.5, 0.6) is 5.75 Å². The van der Waals surface area contributed by atoms with Gasteiger partial charge >= 0.3 is 0 Å². The summed E-state index contributed by atoms with van der Waals surface area (Å²) >= 11 is 0. The molecular formula is C25H36N2O2. The van der Waals surface area contributed by atoms with E-state index in [-0.39, 0.29) is 0 Å². The molecule has 5 rings (SSSR count). The van der Waals surface area contributed by atoms with Crippen LogP contribution in [0.15, 0.2) is 35.9 Å². The summed E-state index contributed by atoms with van der Waals surface area (Å²) in [4.78, 5) is 14.6. The monoisotopic (exact) mass is 396 g/mol. The summed E-state index contributed by atoms with van der Waals surface area (Å²) in [6, 6.07) is 8.60. The Hall–Kier alpha value is -1.81. The van der Waals surface area contributed by atoms with E-state index in [1.807, 2.05) is 12.1 Å². The van der Waals surface area contributed by atoms with E-state index in [4.69, 9.17) is 4.74 Å². The third-order valence-electron chi connectivity index (χ3n) is 7.82. The van der Waals surface area contributed by atoms with E-state index < -0.39 is 0 Å². The van der Waals surface area contributed by atoms with Gasteiger partial charge in [-0.2, -0.15) is 0 Å². The zero-order valence-corrected chi connectivity index (χ0v) is 18.2. The predicted molar refractivity (Wildman–Crippen MR) is 117 cm³/mol. The number of ether oxygens (including phenoxy) is 1. The van der Waals surface area contributed by atoms with Crippen molar-refractivity contribution in [1.29, 1.82) is 0 Å². The van der Waals surface area contributed by atoms with Gasteiger partial charge in [0.25, 0.3) is 0 Å². The first-order chi connectivity index (χ1) is 14.0. The van der Waals surface area contributed by atoms with Crippen LogP contribution in [0.2, 0.25) is 0 Å². The molecule has 1 saturated carbocycles. The van der Waals surface area contributed by atoms with Gasteiger partial charge in [0, 0.05) is 25.6 Å². The Balaban J connectivity index is 1.22. The lowest BCUT2D eigenvalue weighted by Crippen LogP contribution is -2.48. The molecule has 3 atom stereocenters. The molecule has 1 saturated heterocycles. The van der Waals surface area contributed by atoms with Crippen molar-refractivity contribution in [3.05, 3.63) is 41.5 Å². The second-order valence-corrected chi connectivity index (χ2v) is 9.66. The maximum Gasteiger partial charge on any atom is 0.222 e. The molecule has 1 aromatic rings. The van der Waals surface area contributed by atoms with Crippen molar-refractivity contribution in [1.82, 2.24) is 10.2 Å². The molecule has 29 heavy (non-hydrogen) atoms. The van der Waals surface area contributed by atoms with Crippen molar-refractivity contribution in [3.63, 3.8) is 0 Å². The Morgan fingerprint density at radius 1 is 1.24 bits per heavy atom. The first-order valence-electron chi connectivity index (χ1n) is 11.3. The van der Waals surface area contributed by atoms with E-state index in [9.17, 15) is 4.79 Å². The topological polar surface area (TPSA) is 41.6 Å². The molecule has 2 bridgehead atoms. The quantitative estimate of drug-likeness (QED) is 0.492. The highest BCUT2D eigenvalue weighted by Crippen LogP contribution is 2.59. The van der Waals surface area contributed by atoms with E-state index in [2.05, 4.69) is 42.3 Å². The maximum atomic E-state index is 12.5. The number of allylic oxidation sites excluding steroid dienone is 1. The fraction of sp³-hybridized carbons (Fsp3) is 0.640. The Labute approximate surface area is 175 Å². The molecule has 1 unspecified atom stereocenters. The fourth-order valence-corrected chi connectivity index (χ4v) is 5.65. The number of benzene rings is 1. The molecule has 4 nitrogen and oxygen atoms in total. The zero-order chi connectivity index (χ0) is 20.4. The van der Waals surface area contributed by atoms with Crippen molar-refractivity contribution in [2.45, 2.75) is 65.0 Å². The number of likely N-dealkylation sites (tertiary alicyclic amines) is 1. The molecule has 1 aliphatic heterocycles. The van der Waals surface area contributed by atoms with Gasteiger partial charge < -0.3 is 15.0 Å². The van der Waals surface area contributed by atoms with Crippen molar-refractivity contribution in [3.8, 4) is 5.75 Å². The summed E-state index contributed by atoms with van der Waals surface area (Å²) in [5.41, 5.74) is 3.36. The Bertz CT molecular complexity index is 753. The van der Waals surface area contributed by atoms with Crippen LogP contribution < -0.4 is 10.1 Å². The van der Waals surface area contributed by atoms with E-state index in [1.165, 1.54) is 18.4 Å². The van der Waals surface area contributed by atoms with E-state index in [0.717, 1.165) is 62.9 Å². The van der Waals surface area contributed by atoms with Crippen LogP contribution in [0.1, 0.15) is 57.9 Å². The average molecular weight is 397 g/mol. The number of nitrogens with one attached hydrogen (secondary N) is 1. The number of amides is 1. The normalized spacial score (nSPS) is 27.6. The number of rotatable bonds is 9. The number of hydrogen-bond donors (Lipinski definition) is 1. The van der Waals surface area contributed by atoms with Crippen LogP contribution in [0.3, 0.4) is 0 Å². The maximum absolute atomic E-state index is 12.5. The lowest BCUT2D eigenvalue weighted by atomic mass is 9.48. The highest BCUT2D eigenvalue weighted by Gasteiger charge is 2.50. The molecule has 1 amide bonds. The zero-order valence-electron chi connectivity index (χ0n) is 18.2. The number of carbonyl (C=O) groups is 1. The van der Waals surface area contributed by atoms with Gasteiger partial charge in [-0.05, 0) is 73.6 Å². The molecule has 1 heterocycles. The minimum Gasteiger partial charge on any atom is -0.497 e. The van der Waals surface area contributed by atoms with Gasteiger partial charge in [0.1, 0.15) is 5.75 Å². The minimum absolute atomic E-state index is 0.354. The van der Waals surface area contributed by atoms with Gasteiger partial charge in [-0.25, -0.2) is 0 Å². The van der Waals surface area contributed by atoms with Gasteiger partial charge in [0.15, 0.2) is 0 Å². The molecule has 158 valence electrons. The molecule has 0 spiro atoms. The summed E-state index contributed by atoms with van der Waals surface area (Å²) in [5, 5.41) is 3.54. The molecule has 3 aliphatic carbocycles. The van der Waals surface area contributed by atoms with Gasteiger partial charge in [0.2, 0.25) is 5.91 Å². The number of fused-ring (bicyclic) bond motifs is 1. The molecule has 4 aliphatic rings. The Morgan fingerprint density at radius 2 is 2.03 bits per heavy atom. The first kappa shape index (κ1) is 20.5. The molecule has 1 N–H and O–H groups in total. The predicted octanol–water partition coefficient (Wildman–Crippen LogP) is 4.55. The molecule has 0 radical (unpaired) electrons. The van der Waals surface area contributed by atoms with Gasteiger partial charge in [-0.3, -0.25) is 4.79 Å². The van der Waals surface area contributed by atoms with Crippen LogP contribution in [0.4, 0.5) is 0 Å². The lowest BCUT2D eigenvalue weighted by molar-refractivity contribution is -0.129. The highest BCUT2D eigenvalue weighted by molar-refractivity contribution is 5.78. The molecule has 4 heteroatoms. The summed E-state index contributed by atoms with van der Waals surface area (Å²) < 4.78 is 5.21. The smallest absolute Gasteiger partial charge is 0.222 e. The molecule has 0 aromatic heterocycles. The second-order valence-electron chi connectivity index (χ2n) is 9.66. The van der Waals surface area contributed by atoms with Crippen LogP contribution in [-0.4, -0.2) is 37.0 Å². The standard InChI is InChI=1S/C25H36N2O2/c1-25(2)20-7-6-19(23(25)16-20)13-15-27-21(8-11-24(27)28)12-14-26-17-18-4-9-22(29-3)10-5-18/h4-6,9-10,20-21,23,26H,7-8,11-17H2,1-3H3/t20-,21?,23-/m0/s1. The van der Waals surface area contributed by atoms with E-state index in [1.54, 1.807) is 12.7 Å². The highest BCUT2D eigenvalue weighted by atomic mass is 16.5. The molecular weight excluding hydrogens is 360 g/mol. The molecule has 2 fully saturated rings. The van der Waals surface area contributed by atoms with Crippen molar-refractivity contribution >= 4 is 5.91 Å². The van der Waals surface area contributed by atoms with E-state index in [0.29, 0.717) is 17.4 Å². The van der Waals surface area contributed by atoms with Crippen molar-refractivity contribution < 1.29 is 9.53 Å². The van der Waals surface area contributed by atoms with Gasteiger partial charge in [-0.1, -0.05) is 37.6 Å². The summed E-state index contributed by atoms with van der Waals surface area (Å²) in [6.07, 6.45) is 8.94. The summed E-state index contributed by atoms with van der Waals surface area (Å²) in [5.74, 6) is 2.88. The average Bonchev–Trinajstić information content (AvgIpc) is 3.09. The number of nitrogens with zero attached hydrogens (tertiary/aromatic N) is 1. The second kappa shape index (κ2) is 8.51. The number of carbonyl (C=O) groups excluding carboxylic acids is 1. The molecule has 1 aromatic carbocycles. The minimum atomic E-state index is 0.354. The van der Waals surface area contributed by atoms with Gasteiger partial charge in [0.05, 0.1) is 7.11 Å². The fourth-order valence-electron chi connectivity index (χ4n) is 5.65. The third kappa shape index (κ3) is 4.23. The van der Waals surface area contributed by atoms with Gasteiger partial charge in [-0.15, -0.1) is 0 Å². The summed E-state index contributed by atoms with van der Waals surface area (Å²) in [6.45, 7) is 7.56. The largest absolute Gasteiger partial charge is 0.497 e. The SMILES string of the molecule is COc1ccc(CNCCC2CCC(=O)N2CCC2=CC[C@H]3C[C@@H]2C3(C)C)cc1. The summed E-state index contributed by atoms with van der Waals surface area (Å²) in [7, 11) is 1.69. The van der Waals surface area contributed by atoms with E-state index >= 15 is 0 Å². The number of hydrogen-bond acceptors (Lipinski definition) is 3. The lowest BCUT2D eigenvalue weighted by Gasteiger charge is -2.56. The van der Waals surface area contributed by atoms with Crippen LogP contribution in [-0.2, 0) is 11.3 Å². The Kier molecular flexibility index (Phi) is 6.00. The number of methoxy groups -OCH3 is 1. The van der Waals surface area contributed by atoms with Crippen molar-refractivity contribution in [2.24, 2.45) is 17.3 Å². The first-order valence-corrected chi connectivity index (χ1v) is 11.3. The van der Waals surface area contributed by atoms with Crippen LogP contribution >= 0.6 is 0 Å². The van der Waals surface area contributed by atoms with Crippen molar-refractivity contribution in [2.75, 3.05) is 20.2 Å². The third-order valence-corrected chi connectivity index (χ3v) is 7.82. The van der Waals surface area contributed by atoms with Crippen LogP contribution in [0.25, 0.3) is 0 Å².